The second-order valence-electron chi connectivity index (χ2n) is 6.19. The van der Waals surface area contributed by atoms with Crippen LogP contribution in [0, 0.1) is 5.82 Å². The van der Waals surface area contributed by atoms with Crippen molar-refractivity contribution in [2.75, 3.05) is 13.2 Å². The number of halogens is 1. The van der Waals surface area contributed by atoms with Crippen molar-refractivity contribution < 1.29 is 13.9 Å². The Labute approximate surface area is 134 Å². The van der Waals surface area contributed by atoms with Gasteiger partial charge in [-0.2, -0.15) is 0 Å². The van der Waals surface area contributed by atoms with Gasteiger partial charge in [0.25, 0.3) is 5.91 Å². The third-order valence-electron chi connectivity index (χ3n) is 4.84. The van der Waals surface area contributed by atoms with Crippen molar-refractivity contribution in [2.24, 2.45) is 0 Å². The minimum atomic E-state index is -0.250. The summed E-state index contributed by atoms with van der Waals surface area (Å²) >= 11 is 0. The zero-order valence-electron chi connectivity index (χ0n) is 13.0. The van der Waals surface area contributed by atoms with Crippen molar-refractivity contribution in [3.63, 3.8) is 0 Å². The first-order valence-corrected chi connectivity index (χ1v) is 7.98. The highest BCUT2D eigenvalue weighted by Gasteiger charge is 2.29. The van der Waals surface area contributed by atoms with Gasteiger partial charge in [0.1, 0.15) is 11.6 Å². The third-order valence-corrected chi connectivity index (χ3v) is 4.84. The Bertz CT molecular complexity index is 787. The minimum absolute atomic E-state index is 0.00195. The summed E-state index contributed by atoms with van der Waals surface area (Å²) in [5, 5.41) is 0. The van der Waals surface area contributed by atoms with Crippen LogP contribution in [0.4, 0.5) is 4.39 Å². The van der Waals surface area contributed by atoms with Crippen LogP contribution in [0.25, 0.3) is 0 Å². The van der Waals surface area contributed by atoms with Crippen LogP contribution in [0.2, 0.25) is 0 Å². The SMILES string of the molecule is CC1c2cc(F)ccc2CCN1C(=O)c1ccc2c(c1)CCO2. The summed E-state index contributed by atoms with van der Waals surface area (Å²) < 4.78 is 19.0. The van der Waals surface area contributed by atoms with Crippen molar-refractivity contribution in [3.8, 4) is 5.75 Å². The van der Waals surface area contributed by atoms with Crippen LogP contribution in [-0.2, 0) is 12.8 Å². The van der Waals surface area contributed by atoms with E-state index >= 15 is 0 Å². The van der Waals surface area contributed by atoms with Crippen LogP contribution in [0.5, 0.6) is 5.75 Å². The minimum Gasteiger partial charge on any atom is -0.493 e. The molecule has 1 unspecified atom stereocenters. The molecule has 118 valence electrons. The molecule has 0 aliphatic carbocycles. The average Bonchev–Trinajstić information content (AvgIpc) is 3.03. The maximum atomic E-state index is 13.6. The number of nitrogens with zero attached hydrogens (tertiary/aromatic N) is 1. The van der Waals surface area contributed by atoms with Gasteiger partial charge in [-0.05, 0) is 60.4 Å². The fraction of sp³-hybridized carbons (Fsp3) is 0.316. The van der Waals surface area contributed by atoms with E-state index in [-0.39, 0.29) is 17.8 Å². The van der Waals surface area contributed by atoms with E-state index in [9.17, 15) is 9.18 Å². The standard InChI is InChI=1S/C19H18FNO2/c1-12-17-11-16(20)4-2-13(17)6-8-21(12)19(22)15-3-5-18-14(10-15)7-9-23-18/h2-5,10-12H,6-9H2,1H3. The van der Waals surface area contributed by atoms with Gasteiger partial charge in [-0.1, -0.05) is 6.07 Å². The molecule has 2 aliphatic heterocycles. The number of carbonyl (C=O) groups excluding carboxylic acids is 1. The smallest absolute Gasteiger partial charge is 0.254 e. The fourth-order valence-corrected chi connectivity index (χ4v) is 3.55. The Kier molecular flexibility index (Phi) is 3.33. The molecule has 4 rings (SSSR count). The van der Waals surface area contributed by atoms with Crippen LogP contribution in [0.1, 0.15) is 40.0 Å². The van der Waals surface area contributed by atoms with E-state index in [0.29, 0.717) is 18.7 Å². The monoisotopic (exact) mass is 311 g/mol. The van der Waals surface area contributed by atoms with Crippen molar-refractivity contribution in [1.29, 1.82) is 0 Å². The molecule has 1 amide bonds. The summed E-state index contributed by atoms with van der Waals surface area (Å²) in [7, 11) is 0. The molecule has 0 aromatic heterocycles. The Morgan fingerprint density at radius 3 is 2.91 bits per heavy atom. The molecule has 23 heavy (non-hydrogen) atoms. The zero-order chi connectivity index (χ0) is 16.0. The van der Waals surface area contributed by atoms with E-state index in [4.69, 9.17) is 4.74 Å². The van der Waals surface area contributed by atoms with Gasteiger partial charge >= 0.3 is 0 Å². The first-order chi connectivity index (χ1) is 11.1. The lowest BCUT2D eigenvalue weighted by Crippen LogP contribution is -2.38. The lowest BCUT2D eigenvalue weighted by molar-refractivity contribution is 0.0677. The van der Waals surface area contributed by atoms with E-state index in [2.05, 4.69) is 0 Å². The highest BCUT2D eigenvalue weighted by molar-refractivity contribution is 5.95. The molecule has 2 aromatic rings. The van der Waals surface area contributed by atoms with Gasteiger partial charge in [0.05, 0.1) is 12.6 Å². The average molecular weight is 311 g/mol. The van der Waals surface area contributed by atoms with Crippen molar-refractivity contribution >= 4 is 5.91 Å². The van der Waals surface area contributed by atoms with E-state index in [0.717, 1.165) is 35.3 Å². The van der Waals surface area contributed by atoms with Gasteiger partial charge in [-0.25, -0.2) is 4.39 Å². The van der Waals surface area contributed by atoms with Crippen molar-refractivity contribution in [2.45, 2.75) is 25.8 Å². The normalized spacial score (nSPS) is 19.0. The molecule has 3 nitrogen and oxygen atoms in total. The lowest BCUT2D eigenvalue weighted by Gasteiger charge is -2.35. The van der Waals surface area contributed by atoms with Crippen LogP contribution in [0.3, 0.4) is 0 Å². The van der Waals surface area contributed by atoms with Crippen molar-refractivity contribution in [1.82, 2.24) is 4.90 Å². The molecule has 1 atom stereocenters. The quantitative estimate of drug-likeness (QED) is 0.806. The maximum absolute atomic E-state index is 13.6. The van der Waals surface area contributed by atoms with E-state index in [1.807, 2.05) is 36.1 Å². The van der Waals surface area contributed by atoms with Gasteiger partial charge < -0.3 is 9.64 Å². The highest BCUT2D eigenvalue weighted by Crippen LogP contribution is 2.32. The number of ether oxygens (including phenoxy) is 1. The second kappa shape index (κ2) is 5.37. The van der Waals surface area contributed by atoms with E-state index < -0.39 is 0 Å². The molecule has 0 radical (unpaired) electrons. The summed E-state index contributed by atoms with van der Waals surface area (Å²) in [5.74, 6) is 0.627. The molecule has 0 spiro atoms. The van der Waals surface area contributed by atoms with Crippen LogP contribution in [0.15, 0.2) is 36.4 Å². The molecule has 0 N–H and O–H groups in total. The summed E-state index contributed by atoms with van der Waals surface area (Å²) in [5.41, 5.74) is 3.81. The molecule has 0 saturated carbocycles. The van der Waals surface area contributed by atoms with Crippen LogP contribution < -0.4 is 4.74 Å². The summed E-state index contributed by atoms with van der Waals surface area (Å²) in [4.78, 5) is 14.7. The summed E-state index contributed by atoms with van der Waals surface area (Å²) in [6.07, 6.45) is 1.61. The second-order valence-corrected chi connectivity index (χ2v) is 6.19. The molecule has 2 aromatic carbocycles. The largest absolute Gasteiger partial charge is 0.493 e. The molecule has 0 saturated heterocycles. The molecule has 2 heterocycles. The topological polar surface area (TPSA) is 29.5 Å². The zero-order valence-corrected chi connectivity index (χ0v) is 13.0. The van der Waals surface area contributed by atoms with Gasteiger partial charge in [0, 0.05) is 18.5 Å². The highest BCUT2D eigenvalue weighted by atomic mass is 19.1. The van der Waals surface area contributed by atoms with Gasteiger partial charge in [-0.15, -0.1) is 0 Å². The summed E-state index contributed by atoms with van der Waals surface area (Å²) in [6, 6.07) is 10.4. The Morgan fingerprint density at radius 2 is 2.04 bits per heavy atom. The Balaban J connectivity index is 1.64. The number of hydrogen-bond donors (Lipinski definition) is 0. The maximum Gasteiger partial charge on any atom is 0.254 e. The number of fused-ring (bicyclic) bond motifs is 2. The molecule has 0 bridgehead atoms. The van der Waals surface area contributed by atoms with Gasteiger partial charge in [0.2, 0.25) is 0 Å². The number of benzene rings is 2. The Morgan fingerprint density at radius 1 is 1.17 bits per heavy atom. The molecular weight excluding hydrogens is 293 g/mol. The lowest BCUT2D eigenvalue weighted by atomic mass is 9.92. The van der Waals surface area contributed by atoms with Crippen molar-refractivity contribution in [3.05, 3.63) is 64.5 Å². The number of hydrogen-bond acceptors (Lipinski definition) is 2. The summed E-state index contributed by atoms with van der Waals surface area (Å²) in [6.45, 7) is 3.30. The molecule has 4 heteroatoms. The fourth-order valence-electron chi connectivity index (χ4n) is 3.55. The number of rotatable bonds is 1. The van der Waals surface area contributed by atoms with Gasteiger partial charge in [-0.3, -0.25) is 4.79 Å². The first kappa shape index (κ1) is 14.2. The number of carbonyl (C=O) groups is 1. The number of amides is 1. The van der Waals surface area contributed by atoms with Crippen LogP contribution >= 0.6 is 0 Å². The predicted molar refractivity (Wildman–Crippen MR) is 85.2 cm³/mol. The van der Waals surface area contributed by atoms with E-state index in [1.54, 1.807) is 6.07 Å². The van der Waals surface area contributed by atoms with E-state index in [1.165, 1.54) is 6.07 Å². The molecule has 0 fully saturated rings. The molecule has 2 aliphatic rings. The predicted octanol–water partition coefficient (Wildman–Crippen LogP) is 3.52. The van der Waals surface area contributed by atoms with Crippen LogP contribution in [-0.4, -0.2) is 24.0 Å². The van der Waals surface area contributed by atoms with Gasteiger partial charge in [0.15, 0.2) is 0 Å². The molecular formula is C19H18FNO2. The third kappa shape index (κ3) is 2.38. The Hall–Kier alpha value is -2.36. The first-order valence-electron chi connectivity index (χ1n) is 7.98.